The first-order chi connectivity index (χ1) is 13.9. The van der Waals surface area contributed by atoms with Crippen LogP contribution in [0.15, 0.2) is 46.6 Å². The zero-order valence-corrected chi connectivity index (χ0v) is 18.1. The predicted octanol–water partition coefficient (Wildman–Crippen LogP) is 5.04. The van der Waals surface area contributed by atoms with Crippen LogP contribution in [-0.2, 0) is 9.84 Å². The third-order valence-electron chi connectivity index (χ3n) is 6.28. The van der Waals surface area contributed by atoms with E-state index >= 15 is 0 Å². The maximum absolute atomic E-state index is 13.7. The Hall–Kier alpha value is -1.60. The molecule has 2 atom stereocenters. The molecule has 5 rings (SSSR count). The van der Waals surface area contributed by atoms with Crippen LogP contribution in [0.4, 0.5) is 0 Å². The van der Waals surface area contributed by atoms with Gasteiger partial charge in [0.1, 0.15) is 5.03 Å². The van der Waals surface area contributed by atoms with Gasteiger partial charge in [0, 0.05) is 39.9 Å². The smallest absolute Gasteiger partial charge is 0.223 e. The van der Waals surface area contributed by atoms with Crippen molar-refractivity contribution < 1.29 is 8.42 Å². The first kappa shape index (κ1) is 19.4. The summed E-state index contributed by atoms with van der Waals surface area (Å²) in [5.41, 5.74) is 1.62. The maximum atomic E-state index is 13.7. The lowest BCUT2D eigenvalue weighted by molar-refractivity contribution is 0.180. The molecule has 2 aliphatic heterocycles. The number of nitrogens with one attached hydrogen (secondary N) is 1. The quantitative estimate of drug-likeness (QED) is 0.607. The third-order valence-corrected chi connectivity index (χ3v) is 8.74. The number of H-pyrrole nitrogens is 1. The van der Waals surface area contributed by atoms with Gasteiger partial charge in [-0.3, -0.25) is 4.98 Å². The Morgan fingerprint density at radius 1 is 1.14 bits per heavy atom. The van der Waals surface area contributed by atoms with Gasteiger partial charge in [0.2, 0.25) is 9.84 Å². The summed E-state index contributed by atoms with van der Waals surface area (Å²) in [6.45, 7) is 2.15. The highest BCUT2D eigenvalue weighted by Crippen LogP contribution is 2.43. The van der Waals surface area contributed by atoms with Gasteiger partial charge in [0.05, 0.1) is 9.92 Å². The number of piperidine rings is 1. The first-order valence-electron chi connectivity index (χ1n) is 9.85. The van der Waals surface area contributed by atoms with E-state index in [0.29, 0.717) is 11.1 Å². The molecule has 152 valence electrons. The van der Waals surface area contributed by atoms with Gasteiger partial charge in [0.15, 0.2) is 0 Å². The molecule has 4 heterocycles. The van der Waals surface area contributed by atoms with Crippen LogP contribution >= 0.6 is 23.2 Å². The average Bonchev–Trinajstić information content (AvgIpc) is 3.33. The fraction of sp³-hybridized carbons (Fsp3) is 0.381. The first-order valence-corrected chi connectivity index (χ1v) is 12.1. The van der Waals surface area contributed by atoms with E-state index in [1.165, 1.54) is 25.0 Å². The van der Waals surface area contributed by atoms with Crippen LogP contribution in [0, 0.1) is 0 Å². The molecule has 2 fully saturated rings. The van der Waals surface area contributed by atoms with Gasteiger partial charge in [-0.1, -0.05) is 23.2 Å². The van der Waals surface area contributed by atoms with Crippen molar-refractivity contribution in [1.82, 2.24) is 14.9 Å². The van der Waals surface area contributed by atoms with Gasteiger partial charge in [-0.25, -0.2) is 8.42 Å². The summed E-state index contributed by atoms with van der Waals surface area (Å²) in [6.07, 6.45) is 7.74. The molecule has 8 heteroatoms. The number of nitrogens with zero attached hydrogens (tertiary/aromatic N) is 2. The monoisotopic (exact) mass is 449 g/mol. The zero-order chi connectivity index (χ0) is 20.2. The van der Waals surface area contributed by atoms with Crippen LogP contribution in [-0.4, -0.2) is 42.4 Å². The highest BCUT2D eigenvalue weighted by Gasteiger charge is 2.37. The normalized spacial score (nSPS) is 22.8. The van der Waals surface area contributed by atoms with Crippen molar-refractivity contribution in [3.05, 3.63) is 52.3 Å². The Bertz CT molecular complexity index is 1190. The Morgan fingerprint density at radius 3 is 2.86 bits per heavy atom. The van der Waals surface area contributed by atoms with Crippen molar-refractivity contribution >= 4 is 43.9 Å². The topological polar surface area (TPSA) is 66.1 Å². The van der Waals surface area contributed by atoms with Gasteiger partial charge in [-0.2, -0.15) is 0 Å². The average molecular weight is 450 g/mol. The molecule has 0 saturated carbocycles. The van der Waals surface area contributed by atoms with Crippen LogP contribution in [0.5, 0.6) is 0 Å². The van der Waals surface area contributed by atoms with Crippen molar-refractivity contribution in [1.29, 1.82) is 0 Å². The summed E-state index contributed by atoms with van der Waals surface area (Å²) in [7, 11) is -3.87. The maximum Gasteiger partial charge on any atom is 0.223 e. The fourth-order valence-electron chi connectivity index (χ4n) is 4.93. The number of sulfone groups is 1. The molecule has 0 radical (unpaired) electrons. The molecule has 1 aromatic carbocycles. The van der Waals surface area contributed by atoms with E-state index in [1.54, 1.807) is 18.5 Å². The van der Waals surface area contributed by atoms with Gasteiger partial charge in [0.25, 0.3) is 0 Å². The van der Waals surface area contributed by atoms with Crippen LogP contribution in [0.1, 0.15) is 37.2 Å². The summed E-state index contributed by atoms with van der Waals surface area (Å²) < 4.78 is 27.3. The predicted molar refractivity (Wildman–Crippen MR) is 115 cm³/mol. The molecule has 0 spiro atoms. The lowest BCUT2D eigenvalue weighted by Gasteiger charge is -2.35. The minimum atomic E-state index is -3.87. The number of aromatic nitrogens is 2. The lowest BCUT2D eigenvalue weighted by Crippen LogP contribution is -2.37. The molecule has 2 aromatic heterocycles. The number of benzene rings is 1. The zero-order valence-electron chi connectivity index (χ0n) is 15.7. The summed E-state index contributed by atoms with van der Waals surface area (Å²) >= 11 is 12.4. The summed E-state index contributed by atoms with van der Waals surface area (Å²) in [5.74, 6) is 0.162. The molecular weight excluding hydrogens is 429 g/mol. The van der Waals surface area contributed by atoms with E-state index in [1.807, 2.05) is 6.07 Å². The summed E-state index contributed by atoms with van der Waals surface area (Å²) in [5, 5.41) is 1.61. The third kappa shape index (κ3) is 3.26. The molecule has 0 aliphatic carbocycles. The number of fused-ring (bicyclic) bond motifs is 2. The number of hydrogen-bond donors (Lipinski definition) is 1. The van der Waals surface area contributed by atoms with E-state index in [9.17, 15) is 8.42 Å². The molecule has 2 saturated heterocycles. The SMILES string of the molecule is O=S(=O)(c1cc(Cl)ccc1Cl)c1[nH]c2ccncc2c1C1CCN2CCCC2C1. The van der Waals surface area contributed by atoms with Crippen LogP contribution < -0.4 is 0 Å². The molecule has 0 amide bonds. The Balaban J connectivity index is 1.68. The second-order valence-electron chi connectivity index (χ2n) is 7.92. The summed E-state index contributed by atoms with van der Waals surface area (Å²) in [4.78, 5) is 9.99. The molecule has 29 heavy (non-hydrogen) atoms. The van der Waals surface area contributed by atoms with E-state index in [4.69, 9.17) is 23.2 Å². The van der Waals surface area contributed by atoms with E-state index in [0.717, 1.165) is 42.4 Å². The van der Waals surface area contributed by atoms with Crippen molar-refractivity contribution in [2.75, 3.05) is 13.1 Å². The number of hydrogen-bond acceptors (Lipinski definition) is 4. The molecule has 5 nitrogen and oxygen atoms in total. The Labute approximate surface area is 179 Å². The van der Waals surface area contributed by atoms with Crippen molar-refractivity contribution in [3.63, 3.8) is 0 Å². The highest BCUT2D eigenvalue weighted by molar-refractivity contribution is 7.91. The minimum Gasteiger partial charge on any atom is -0.345 e. The molecule has 3 aromatic rings. The van der Waals surface area contributed by atoms with E-state index < -0.39 is 9.84 Å². The van der Waals surface area contributed by atoms with Crippen molar-refractivity contribution in [2.24, 2.45) is 0 Å². The number of rotatable bonds is 3. The van der Waals surface area contributed by atoms with Crippen molar-refractivity contribution in [2.45, 2.75) is 47.6 Å². The number of halogens is 2. The van der Waals surface area contributed by atoms with Gasteiger partial charge >= 0.3 is 0 Å². The van der Waals surface area contributed by atoms with Crippen molar-refractivity contribution in [3.8, 4) is 0 Å². The largest absolute Gasteiger partial charge is 0.345 e. The number of pyridine rings is 1. The fourth-order valence-corrected chi connectivity index (χ4v) is 7.22. The summed E-state index contributed by atoms with van der Waals surface area (Å²) in [6, 6.07) is 6.89. The molecule has 0 bridgehead atoms. The molecular formula is C21H21Cl2N3O2S. The second-order valence-corrected chi connectivity index (χ2v) is 10.6. The Kier molecular flexibility index (Phi) is 4.86. The number of aromatic amines is 1. The molecule has 2 aliphatic rings. The van der Waals surface area contributed by atoms with E-state index in [2.05, 4.69) is 14.9 Å². The second kappa shape index (κ2) is 7.27. The van der Waals surface area contributed by atoms with Gasteiger partial charge in [-0.05, 0) is 69.0 Å². The van der Waals surface area contributed by atoms with Gasteiger partial charge < -0.3 is 9.88 Å². The molecule has 2 unspecified atom stereocenters. The standard InChI is InChI=1S/C21H21Cl2N3O2S/c22-14-3-4-17(23)19(11-14)29(27,28)21-20(16-12-24-7-5-18(16)25-21)13-6-9-26-8-1-2-15(26)10-13/h3-5,7,11-13,15,25H,1-2,6,8-10H2. The van der Waals surface area contributed by atoms with Crippen LogP contribution in [0.2, 0.25) is 10.0 Å². The van der Waals surface area contributed by atoms with Crippen LogP contribution in [0.25, 0.3) is 10.9 Å². The molecule has 1 N–H and O–H groups in total. The minimum absolute atomic E-state index is 0.0331. The van der Waals surface area contributed by atoms with E-state index in [-0.39, 0.29) is 20.9 Å². The van der Waals surface area contributed by atoms with Gasteiger partial charge in [-0.15, -0.1) is 0 Å². The highest BCUT2D eigenvalue weighted by atomic mass is 35.5. The van der Waals surface area contributed by atoms with Crippen LogP contribution in [0.3, 0.4) is 0 Å². The Morgan fingerprint density at radius 2 is 2.00 bits per heavy atom. The lowest BCUT2D eigenvalue weighted by atomic mass is 9.85.